The molecule has 10 N–H and O–H groups in total. The minimum atomic E-state index is -10.7. The molecule has 0 spiro atoms. The Morgan fingerprint density at radius 1 is 0.301 bits per heavy atom. The zero-order valence-corrected chi connectivity index (χ0v) is 56.3. The Bertz CT molecular complexity index is 2550. The molecular weight excluding hydrogens is 1610 g/mol. The maximum Gasteiger partial charge on any atom is 3.00 e. The van der Waals surface area contributed by atoms with Gasteiger partial charge in [0.1, 0.15) is 0 Å². The van der Waals surface area contributed by atoms with E-state index in [1.807, 2.05) is 24.3 Å². The van der Waals surface area contributed by atoms with Crippen molar-refractivity contribution in [3.8, 4) is 0 Å². The Balaban J connectivity index is -0.00000136. The minimum Gasteiger partial charge on any atom is -0.543 e. The smallest absolute Gasteiger partial charge is 0.543 e. The van der Waals surface area contributed by atoms with Gasteiger partial charge in [-0.15, -0.1) is 0 Å². The monoisotopic (exact) mass is 1680 g/mol. The van der Waals surface area contributed by atoms with Crippen LogP contribution in [0.4, 0.5) is 50.4 Å². The fourth-order valence-electron chi connectivity index (χ4n) is 9.83. The Kier molecular flexibility index (Phi) is 40.2. The van der Waals surface area contributed by atoms with Gasteiger partial charge in [0.15, 0.2) is 0 Å². The Morgan fingerprint density at radius 2 is 0.462 bits per heavy atom. The number of carboxylic acid groups (broad SMARTS) is 4. The van der Waals surface area contributed by atoms with Crippen molar-refractivity contribution in [2.75, 3.05) is 131 Å². The van der Waals surface area contributed by atoms with Crippen LogP contribution in [0.15, 0.2) is 72.8 Å². The number of pyridine rings is 4. The van der Waals surface area contributed by atoms with E-state index in [0.717, 1.165) is 179 Å². The summed E-state index contributed by atoms with van der Waals surface area (Å²) in [5.74, 6) is -4.98. The van der Waals surface area contributed by atoms with Gasteiger partial charge in [0.2, 0.25) is 0 Å². The van der Waals surface area contributed by atoms with Gasteiger partial charge in [-0.3, -0.25) is 39.5 Å². The molecule has 4 aromatic heterocycles. The van der Waals surface area contributed by atoms with Crippen molar-refractivity contribution in [3.63, 3.8) is 0 Å². The van der Waals surface area contributed by atoms with Crippen molar-refractivity contribution in [2.24, 2.45) is 0 Å². The number of carboxylic acids is 4. The van der Waals surface area contributed by atoms with Crippen molar-refractivity contribution in [2.45, 2.75) is 51.9 Å². The van der Waals surface area contributed by atoms with Crippen molar-refractivity contribution < 1.29 is 197 Å². The molecule has 2 radical (unpaired) electrons. The molecule has 4 aromatic rings. The van der Waals surface area contributed by atoms with Gasteiger partial charge < -0.3 is 86.6 Å². The van der Waals surface area contributed by atoms with E-state index in [1.165, 1.54) is 24.3 Å². The SMILES string of the molecule is F[P-](F)(F)(F)(F)F.F[P-](F)(F)(F)(F)F.O.O.O.O.O.O=C([O-])c1cccc(CN2CCCN3CCN(CCCN(Cc4cccc(C(=O)[O-])n4)CC3)CC2)n1.O=C([O-])c1cccc(CN2CCCN3CCN(CCCN(Cc4cccc(C(=O)[O-])n4)CC3)CC2)n1.[Gd+3].[Gd+3]. The first-order valence-corrected chi connectivity index (χ1v) is 31.5. The van der Waals surface area contributed by atoms with E-state index in [1.54, 1.807) is 24.3 Å². The third-order valence-electron chi connectivity index (χ3n) is 13.8. The van der Waals surface area contributed by atoms with E-state index in [0.29, 0.717) is 26.2 Å². The molecule has 4 atom stereocenters. The van der Waals surface area contributed by atoms with Crippen LogP contribution in [0.3, 0.4) is 0 Å². The largest absolute Gasteiger partial charge is 3.00 e. The Morgan fingerprint density at radius 3 is 0.624 bits per heavy atom. The summed E-state index contributed by atoms with van der Waals surface area (Å²) in [4.78, 5) is 81.3. The van der Waals surface area contributed by atoms with E-state index in [2.05, 4.69) is 59.1 Å². The number of fused-ring (bicyclic) bond motifs is 6. The fourth-order valence-corrected chi connectivity index (χ4v) is 9.83. The van der Waals surface area contributed by atoms with Crippen molar-refractivity contribution >= 4 is 39.5 Å². The van der Waals surface area contributed by atoms with Crippen LogP contribution in [0.1, 0.15) is 90.4 Å². The minimum absolute atomic E-state index is 0. The van der Waals surface area contributed by atoms with Gasteiger partial charge in [0, 0.05) is 105 Å². The van der Waals surface area contributed by atoms with E-state index in [4.69, 9.17) is 0 Å². The standard InChI is InChI=1S/2C26H36N6O4.2F6P.2Gd.5H2O/c2*33-25(34)23-7-1-5-21(27-23)19-31-11-3-9-30-14-13-29(15-17-31)10-4-12-32(18-16-30)20-22-6-2-8-24(28-22)26(35)36;2*1-7(2,3,4,5)6;;;;;;;/h2*1-2,5-8H,3-4,9-20H2,(H,33,34)(H,35,36);;;;;5*1H2/q;;2*-1;2*+3;;;;;/p-4. The topological polar surface area (TPSA) is 396 Å². The number of carbonyl (C=O) groups is 4. The van der Waals surface area contributed by atoms with Crippen molar-refractivity contribution in [3.05, 3.63) is 118 Å². The number of carbonyl (C=O) groups excluding carboxylic acids is 4. The number of hydrogen-bond acceptors (Lipinski definition) is 20. The summed E-state index contributed by atoms with van der Waals surface area (Å²) in [6.45, 7) is 21.7. The van der Waals surface area contributed by atoms with Gasteiger partial charge in [-0.25, -0.2) is 0 Å². The van der Waals surface area contributed by atoms with Crippen LogP contribution in [0, 0.1) is 79.9 Å². The summed E-state index contributed by atoms with van der Waals surface area (Å²) >= 11 is 0. The fraction of sp³-hybridized carbons (Fsp3) is 0.538. The predicted molar refractivity (Wildman–Crippen MR) is 305 cm³/mol. The zero-order chi connectivity index (χ0) is 63.5. The third-order valence-corrected chi connectivity index (χ3v) is 13.8. The first kappa shape index (κ1) is 93.8. The van der Waals surface area contributed by atoms with Gasteiger partial charge in [-0.1, -0.05) is 24.3 Å². The molecule has 0 aromatic carbocycles. The summed E-state index contributed by atoms with van der Waals surface area (Å²) in [5.41, 5.74) is 2.94. The molecule has 4 bridgehead atoms. The number of nitrogens with zero attached hydrogens (tertiary/aromatic N) is 12. The summed E-state index contributed by atoms with van der Waals surface area (Å²) in [6.07, 6.45) is 4.09. The summed E-state index contributed by atoms with van der Waals surface area (Å²) < 4.78 is 118. The predicted octanol–water partition coefficient (Wildman–Crippen LogP) is 0.480. The molecule has 4 aliphatic rings. The molecule has 93 heavy (non-hydrogen) atoms. The summed E-state index contributed by atoms with van der Waals surface area (Å²) in [5, 5.41) is 44.7. The average molecular weight is 1680 g/mol. The molecule has 8 heterocycles. The second-order valence-corrected chi connectivity index (χ2v) is 24.8. The van der Waals surface area contributed by atoms with Crippen molar-refractivity contribution in [1.29, 1.82) is 0 Å². The molecule has 8 rings (SSSR count). The van der Waals surface area contributed by atoms with Gasteiger partial charge in [-0.05, 0) is 127 Å². The van der Waals surface area contributed by atoms with Gasteiger partial charge in [0.05, 0.1) is 69.4 Å². The maximum atomic E-state index is 11.2. The Hall–Kier alpha value is -3.37. The molecule has 25 nitrogen and oxygen atoms in total. The molecule has 0 aliphatic carbocycles. The number of aromatic carboxylic acids is 4. The Labute approximate surface area is 592 Å². The molecule has 0 saturated carbocycles. The molecule has 0 amide bonds. The van der Waals surface area contributed by atoms with Gasteiger partial charge in [0.25, 0.3) is 0 Å². The number of halogens is 12. The quantitative estimate of drug-likeness (QED) is 0.137. The number of aromatic nitrogens is 4. The molecule has 41 heteroatoms. The van der Waals surface area contributed by atoms with Crippen molar-refractivity contribution in [1.82, 2.24) is 59.1 Å². The van der Waals surface area contributed by atoms with Crippen LogP contribution in [-0.4, -0.2) is 241 Å². The second-order valence-electron chi connectivity index (χ2n) is 21.0. The summed E-state index contributed by atoms with van der Waals surface area (Å²) in [7, 11) is -21.3. The normalized spacial score (nSPS) is 21.0. The van der Waals surface area contributed by atoms with Crippen LogP contribution >= 0.6 is 15.6 Å². The zero-order valence-electron chi connectivity index (χ0n) is 50.0. The van der Waals surface area contributed by atoms with E-state index >= 15 is 0 Å². The first-order chi connectivity index (χ1) is 39.8. The van der Waals surface area contributed by atoms with Crippen LogP contribution in [0.2, 0.25) is 0 Å². The molecule has 4 unspecified atom stereocenters. The molecule has 4 saturated heterocycles. The van der Waals surface area contributed by atoms with Gasteiger partial charge >= 0.3 is 146 Å². The van der Waals surface area contributed by atoms with Crippen LogP contribution in [0.5, 0.6) is 0 Å². The van der Waals surface area contributed by atoms with Crippen LogP contribution in [-0.2, 0) is 26.2 Å². The van der Waals surface area contributed by atoms with Gasteiger partial charge in [-0.2, -0.15) is 0 Å². The second kappa shape index (κ2) is 39.9. The van der Waals surface area contributed by atoms with E-state index in [-0.39, 0.29) is 130 Å². The van der Waals surface area contributed by atoms with E-state index in [9.17, 15) is 90.0 Å². The summed E-state index contributed by atoms with van der Waals surface area (Å²) in [6, 6.07) is 20.3. The number of rotatable bonds is 12. The van der Waals surface area contributed by atoms with E-state index < -0.39 is 39.5 Å². The molecular formula is C52H78F12Gd2N12O13P2. The average Bonchev–Trinajstić information content (AvgIpc) is 0.803. The maximum absolute atomic E-state index is 11.2. The molecule has 4 aliphatic heterocycles. The molecule has 534 valence electrons. The van der Waals surface area contributed by atoms with Crippen LogP contribution < -0.4 is 20.4 Å². The third kappa shape index (κ3) is 44.2. The van der Waals surface area contributed by atoms with Crippen LogP contribution in [0.25, 0.3) is 0 Å². The molecule has 4 fully saturated rings. The number of hydrogen-bond donors (Lipinski definition) is 0. The first-order valence-electron chi connectivity index (χ1n) is 27.4.